The summed E-state index contributed by atoms with van der Waals surface area (Å²) in [7, 11) is 0. The van der Waals surface area contributed by atoms with Crippen molar-refractivity contribution in [2.24, 2.45) is 5.41 Å². The van der Waals surface area contributed by atoms with E-state index in [-0.39, 0.29) is 0 Å². The molecule has 1 aliphatic rings. The summed E-state index contributed by atoms with van der Waals surface area (Å²) in [4.78, 5) is 0. The molecule has 1 heterocycles. The Bertz CT molecular complexity index is 93.2. The highest BCUT2D eigenvalue weighted by Crippen LogP contribution is 2.13. The van der Waals surface area contributed by atoms with Crippen LogP contribution in [0.15, 0.2) is 0 Å². The number of nitrogens with one attached hydrogen (secondary N) is 2. The monoisotopic (exact) mass is 126 g/mol. The molecule has 0 radical (unpaired) electrons. The van der Waals surface area contributed by atoms with E-state index in [0.29, 0.717) is 12.4 Å². The van der Waals surface area contributed by atoms with Crippen LogP contribution in [0, 0.1) is 5.41 Å². The standard InChI is InChI=1S/C6H15BN2/c1-6(2)4-8-7(3)9-5-6/h8-9H,4-5H2,1-3H3. The van der Waals surface area contributed by atoms with Crippen molar-refractivity contribution < 1.29 is 0 Å². The summed E-state index contributed by atoms with van der Waals surface area (Å²) in [6.45, 7) is 9.42. The van der Waals surface area contributed by atoms with Crippen LogP contribution in [0.2, 0.25) is 6.82 Å². The fourth-order valence-corrected chi connectivity index (χ4v) is 0.993. The molecular weight excluding hydrogens is 111 g/mol. The van der Waals surface area contributed by atoms with E-state index in [1.54, 1.807) is 0 Å². The van der Waals surface area contributed by atoms with Gasteiger partial charge in [0.1, 0.15) is 0 Å². The normalized spacial score (nSPS) is 26.3. The van der Waals surface area contributed by atoms with E-state index in [1.807, 2.05) is 0 Å². The van der Waals surface area contributed by atoms with E-state index >= 15 is 0 Å². The molecule has 1 saturated heterocycles. The van der Waals surface area contributed by atoms with Gasteiger partial charge < -0.3 is 10.5 Å². The highest BCUT2D eigenvalue weighted by atomic mass is 15.0. The van der Waals surface area contributed by atoms with Crippen LogP contribution in [0.25, 0.3) is 0 Å². The fourth-order valence-electron chi connectivity index (χ4n) is 0.993. The van der Waals surface area contributed by atoms with Crippen molar-refractivity contribution >= 4 is 6.98 Å². The second-order valence-electron chi connectivity index (χ2n) is 3.65. The first-order chi connectivity index (χ1) is 4.10. The molecule has 0 aromatic carbocycles. The molecule has 2 N–H and O–H groups in total. The van der Waals surface area contributed by atoms with Gasteiger partial charge in [-0.1, -0.05) is 20.7 Å². The summed E-state index contributed by atoms with van der Waals surface area (Å²) < 4.78 is 0. The number of hydrogen-bond donors (Lipinski definition) is 2. The summed E-state index contributed by atoms with van der Waals surface area (Å²) >= 11 is 0. The van der Waals surface area contributed by atoms with Crippen LogP contribution in [0.1, 0.15) is 13.8 Å². The zero-order chi connectivity index (χ0) is 6.91. The first-order valence-electron chi connectivity index (χ1n) is 3.57. The quantitative estimate of drug-likeness (QED) is 0.457. The van der Waals surface area contributed by atoms with Crippen molar-refractivity contribution in [3.05, 3.63) is 0 Å². The second-order valence-corrected chi connectivity index (χ2v) is 3.65. The lowest BCUT2D eigenvalue weighted by atomic mass is 9.73. The van der Waals surface area contributed by atoms with Gasteiger partial charge in [0.25, 0.3) is 0 Å². The Balaban J connectivity index is 2.35. The minimum atomic E-state index is 0.437. The molecule has 0 aromatic rings. The summed E-state index contributed by atoms with van der Waals surface area (Å²) in [6, 6.07) is 0. The van der Waals surface area contributed by atoms with E-state index < -0.39 is 0 Å². The van der Waals surface area contributed by atoms with Crippen molar-refractivity contribution in [2.75, 3.05) is 13.1 Å². The molecule has 0 bridgehead atoms. The molecule has 0 saturated carbocycles. The van der Waals surface area contributed by atoms with E-state index in [4.69, 9.17) is 0 Å². The van der Waals surface area contributed by atoms with Crippen LogP contribution in [0.5, 0.6) is 0 Å². The third kappa shape index (κ3) is 1.99. The van der Waals surface area contributed by atoms with E-state index in [0.717, 1.165) is 13.1 Å². The Morgan fingerprint density at radius 2 is 1.67 bits per heavy atom. The Hall–Kier alpha value is -0.0151. The van der Waals surface area contributed by atoms with E-state index in [1.165, 1.54) is 0 Å². The maximum Gasteiger partial charge on any atom is 0.302 e. The van der Waals surface area contributed by atoms with Gasteiger partial charge in [-0.2, -0.15) is 0 Å². The summed E-state index contributed by atoms with van der Waals surface area (Å²) in [5, 5.41) is 6.72. The molecule has 0 atom stereocenters. The third-order valence-corrected chi connectivity index (χ3v) is 1.77. The first-order valence-corrected chi connectivity index (χ1v) is 3.57. The minimum absolute atomic E-state index is 0.437. The molecule has 0 amide bonds. The zero-order valence-corrected chi connectivity index (χ0v) is 6.49. The Labute approximate surface area is 57.5 Å². The molecule has 1 aliphatic heterocycles. The zero-order valence-electron chi connectivity index (χ0n) is 6.49. The van der Waals surface area contributed by atoms with Crippen molar-refractivity contribution in [3.63, 3.8) is 0 Å². The van der Waals surface area contributed by atoms with Gasteiger partial charge in [-0.3, -0.25) is 0 Å². The van der Waals surface area contributed by atoms with Crippen LogP contribution < -0.4 is 10.5 Å². The Kier molecular flexibility index (Phi) is 1.82. The van der Waals surface area contributed by atoms with Crippen molar-refractivity contribution in [1.29, 1.82) is 0 Å². The fraction of sp³-hybridized carbons (Fsp3) is 1.00. The number of hydrogen-bond acceptors (Lipinski definition) is 2. The maximum absolute atomic E-state index is 3.36. The van der Waals surface area contributed by atoms with Gasteiger partial charge >= 0.3 is 6.98 Å². The maximum atomic E-state index is 3.36. The Morgan fingerprint density at radius 3 is 2.00 bits per heavy atom. The van der Waals surface area contributed by atoms with Crippen molar-refractivity contribution in [1.82, 2.24) is 10.5 Å². The molecule has 9 heavy (non-hydrogen) atoms. The van der Waals surface area contributed by atoms with Gasteiger partial charge in [0.05, 0.1) is 0 Å². The van der Waals surface area contributed by atoms with Gasteiger partial charge in [-0.15, -0.1) is 0 Å². The molecule has 0 aliphatic carbocycles. The molecule has 0 spiro atoms. The SMILES string of the molecule is CB1NCC(C)(C)CN1. The predicted molar refractivity (Wildman–Crippen MR) is 41.4 cm³/mol. The summed E-state index contributed by atoms with van der Waals surface area (Å²) in [5.74, 6) is 0. The molecule has 0 unspecified atom stereocenters. The van der Waals surface area contributed by atoms with Crippen molar-refractivity contribution in [2.45, 2.75) is 20.7 Å². The minimum Gasteiger partial charge on any atom is -0.342 e. The van der Waals surface area contributed by atoms with Gasteiger partial charge in [0, 0.05) is 0 Å². The largest absolute Gasteiger partial charge is 0.342 e. The van der Waals surface area contributed by atoms with Gasteiger partial charge in [0.15, 0.2) is 0 Å². The second kappa shape index (κ2) is 2.31. The summed E-state index contributed by atoms with van der Waals surface area (Å²) in [6.07, 6.45) is 0. The smallest absolute Gasteiger partial charge is 0.302 e. The lowest BCUT2D eigenvalue weighted by Crippen LogP contribution is -2.57. The van der Waals surface area contributed by atoms with Gasteiger partial charge in [-0.25, -0.2) is 0 Å². The molecule has 3 heteroatoms. The third-order valence-electron chi connectivity index (χ3n) is 1.77. The average molecular weight is 126 g/mol. The van der Waals surface area contributed by atoms with Gasteiger partial charge in [-0.05, 0) is 18.5 Å². The van der Waals surface area contributed by atoms with Crippen LogP contribution >= 0.6 is 0 Å². The molecule has 1 rings (SSSR count). The molecule has 1 fully saturated rings. The van der Waals surface area contributed by atoms with Gasteiger partial charge in [0.2, 0.25) is 0 Å². The Morgan fingerprint density at radius 1 is 1.22 bits per heavy atom. The molecule has 52 valence electrons. The molecule has 2 nitrogen and oxygen atoms in total. The van der Waals surface area contributed by atoms with Crippen LogP contribution in [-0.2, 0) is 0 Å². The lowest BCUT2D eigenvalue weighted by Gasteiger charge is -2.33. The van der Waals surface area contributed by atoms with Crippen LogP contribution in [0.4, 0.5) is 0 Å². The molecular formula is C6H15BN2. The summed E-state index contributed by atoms with van der Waals surface area (Å²) in [5.41, 5.74) is 0.437. The van der Waals surface area contributed by atoms with Crippen molar-refractivity contribution in [3.8, 4) is 0 Å². The first kappa shape index (κ1) is 7.10. The van der Waals surface area contributed by atoms with E-state index in [9.17, 15) is 0 Å². The van der Waals surface area contributed by atoms with Crippen LogP contribution in [0.3, 0.4) is 0 Å². The predicted octanol–water partition coefficient (Wildman–Crippen LogP) is 0.323. The highest BCUT2D eigenvalue weighted by Gasteiger charge is 2.24. The highest BCUT2D eigenvalue weighted by molar-refractivity contribution is 6.51. The molecule has 0 aromatic heterocycles. The average Bonchev–Trinajstić information content (AvgIpc) is 1.78. The topological polar surface area (TPSA) is 24.1 Å². The lowest BCUT2D eigenvalue weighted by molar-refractivity contribution is 0.342. The van der Waals surface area contributed by atoms with E-state index in [2.05, 4.69) is 31.1 Å². The number of rotatable bonds is 0. The van der Waals surface area contributed by atoms with Crippen LogP contribution in [-0.4, -0.2) is 20.1 Å².